The van der Waals surface area contributed by atoms with Crippen LogP contribution in [0.1, 0.15) is 40.4 Å². The standard InChI is InChI=1S/C21H18N6O2/c1-20-14-12-8-5-9-22-16(12)24-19(29)21(20,15(14)20)25-18(28)17-23-13(26-27-17)10-11-6-3-2-4-7-11/h2-9,14-15H,10H2,1H3,(H,25,28)(H,22,24,29)(H,23,26,27)/t14-,15+,20+,21-/m0/s1. The molecule has 4 heterocycles. The number of nitrogens with one attached hydrogen (secondary N) is 3. The first-order valence-corrected chi connectivity index (χ1v) is 9.60. The van der Waals surface area contributed by atoms with Crippen molar-refractivity contribution >= 4 is 17.6 Å². The average Bonchev–Trinajstić information content (AvgIpc) is 3.43. The van der Waals surface area contributed by atoms with Crippen LogP contribution in [-0.4, -0.2) is 37.5 Å². The maximum atomic E-state index is 13.0. The van der Waals surface area contributed by atoms with Crippen molar-refractivity contribution in [2.75, 3.05) is 5.32 Å². The SMILES string of the molecule is C[C@]12[C@H]3[C@@H]1c1cccnc1NC(=O)[C@@]32NC(=O)c1n[nH]c(Cc2ccccc2)n1. The Labute approximate surface area is 166 Å². The number of benzene rings is 1. The topological polar surface area (TPSA) is 113 Å². The molecular weight excluding hydrogens is 368 g/mol. The molecule has 8 nitrogen and oxygen atoms in total. The molecule has 0 radical (unpaired) electrons. The van der Waals surface area contributed by atoms with Gasteiger partial charge >= 0.3 is 0 Å². The number of rotatable bonds is 4. The highest BCUT2D eigenvalue weighted by Crippen LogP contribution is 2.90. The van der Waals surface area contributed by atoms with Gasteiger partial charge in [-0.05, 0) is 17.2 Å². The quantitative estimate of drug-likeness (QED) is 0.631. The molecule has 29 heavy (non-hydrogen) atoms. The summed E-state index contributed by atoms with van der Waals surface area (Å²) in [5.74, 6) is 0.885. The Morgan fingerprint density at radius 1 is 1.21 bits per heavy atom. The third-order valence-corrected chi connectivity index (χ3v) is 6.77. The Balaban J connectivity index is 1.23. The lowest BCUT2D eigenvalue weighted by molar-refractivity contribution is -0.121. The molecule has 2 aromatic heterocycles. The van der Waals surface area contributed by atoms with Crippen LogP contribution < -0.4 is 10.6 Å². The molecular formula is C21H18N6O2. The van der Waals surface area contributed by atoms with Crippen LogP contribution in [0.3, 0.4) is 0 Å². The summed E-state index contributed by atoms with van der Waals surface area (Å²) < 4.78 is 0. The van der Waals surface area contributed by atoms with E-state index >= 15 is 0 Å². The summed E-state index contributed by atoms with van der Waals surface area (Å²) in [4.78, 5) is 34.4. The van der Waals surface area contributed by atoms with E-state index in [1.807, 2.05) is 49.4 Å². The number of aromatic nitrogens is 4. The molecule has 0 saturated heterocycles. The zero-order valence-electron chi connectivity index (χ0n) is 15.6. The molecule has 4 atom stereocenters. The fraction of sp³-hybridized carbons (Fsp3) is 0.286. The Morgan fingerprint density at radius 3 is 2.79 bits per heavy atom. The highest BCUT2D eigenvalue weighted by molar-refractivity contribution is 6.10. The number of fused-ring (bicyclic) bond motifs is 1. The number of nitrogens with zero attached hydrogens (tertiary/aromatic N) is 3. The van der Waals surface area contributed by atoms with Crippen molar-refractivity contribution in [2.24, 2.45) is 11.3 Å². The van der Waals surface area contributed by atoms with Crippen LogP contribution in [0.5, 0.6) is 0 Å². The number of H-pyrrole nitrogens is 1. The summed E-state index contributed by atoms with van der Waals surface area (Å²) in [6.45, 7) is 2.04. The van der Waals surface area contributed by atoms with Gasteiger partial charge in [-0.25, -0.2) is 9.97 Å². The second kappa shape index (κ2) is 5.28. The number of pyridine rings is 1. The molecule has 2 fully saturated rings. The maximum Gasteiger partial charge on any atom is 0.291 e. The molecule has 2 saturated carbocycles. The number of hydrogen-bond acceptors (Lipinski definition) is 5. The van der Waals surface area contributed by atoms with Crippen molar-refractivity contribution in [1.82, 2.24) is 25.5 Å². The molecule has 1 aromatic carbocycles. The van der Waals surface area contributed by atoms with Crippen LogP contribution in [0.2, 0.25) is 0 Å². The Bertz CT molecular complexity index is 1170. The van der Waals surface area contributed by atoms with Crippen LogP contribution in [0.4, 0.5) is 5.82 Å². The largest absolute Gasteiger partial charge is 0.334 e. The van der Waals surface area contributed by atoms with Gasteiger partial charge in [-0.2, -0.15) is 0 Å². The molecule has 0 unspecified atom stereocenters. The molecule has 144 valence electrons. The van der Waals surface area contributed by atoms with Crippen LogP contribution in [-0.2, 0) is 11.2 Å². The monoisotopic (exact) mass is 386 g/mol. The molecule has 7 rings (SSSR count). The number of amides is 2. The Kier molecular flexibility index (Phi) is 2.99. The van der Waals surface area contributed by atoms with E-state index in [0.29, 0.717) is 18.1 Å². The highest BCUT2D eigenvalue weighted by Gasteiger charge is 2.97. The van der Waals surface area contributed by atoms with E-state index in [1.165, 1.54) is 0 Å². The Hall–Kier alpha value is -3.55. The van der Waals surface area contributed by atoms with Gasteiger partial charge in [0.25, 0.3) is 11.8 Å². The van der Waals surface area contributed by atoms with Gasteiger partial charge in [0.15, 0.2) is 0 Å². The second-order valence-corrected chi connectivity index (χ2v) is 8.16. The number of carbonyl (C=O) groups excluding carboxylic acids is 2. The summed E-state index contributed by atoms with van der Waals surface area (Å²) in [5, 5.41) is 12.7. The minimum absolute atomic E-state index is 0.0458. The van der Waals surface area contributed by atoms with E-state index in [9.17, 15) is 9.59 Å². The second-order valence-electron chi connectivity index (χ2n) is 8.16. The summed E-state index contributed by atoms with van der Waals surface area (Å²) in [6, 6.07) is 13.7. The predicted octanol–water partition coefficient (Wildman–Crippen LogP) is 1.64. The highest BCUT2D eigenvalue weighted by atomic mass is 16.2. The average molecular weight is 386 g/mol. The summed E-state index contributed by atoms with van der Waals surface area (Å²) >= 11 is 0. The van der Waals surface area contributed by atoms with E-state index < -0.39 is 11.4 Å². The lowest BCUT2D eigenvalue weighted by Crippen LogP contribution is -2.53. The fourth-order valence-corrected chi connectivity index (χ4v) is 5.23. The third-order valence-electron chi connectivity index (χ3n) is 6.77. The van der Waals surface area contributed by atoms with Gasteiger partial charge < -0.3 is 10.6 Å². The van der Waals surface area contributed by atoms with Crippen molar-refractivity contribution < 1.29 is 9.59 Å². The van der Waals surface area contributed by atoms with Gasteiger partial charge in [-0.15, -0.1) is 5.10 Å². The number of anilines is 1. The van der Waals surface area contributed by atoms with Gasteiger partial charge in [-0.1, -0.05) is 43.3 Å². The summed E-state index contributed by atoms with van der Waals surface area (Å²) in [5.41, 5.74) is 0.903. The molecule has 2 aliphatic carbocycles. The predicted molar refractivity (Wildman–Crippen MR) is 103 cm³/mol. The zero-order chi connectivity index (χ0) is 19.8. The van der Waals surface area contributed by atoms with Gasteiger partial charge in [-0.3, -0.25) is 14.7 Å². The molecule has 2 amide bonds. The first kappa shape index (κ1) is 16.4. The van der Waals surface area contributed by atoms with Gasteiger partial charge in [0, 0.05) is 29.9 Å². The Morgan fingerprint density at radius 2 is 2.00 bits per heavy atom. The van der Waals surface area contributed by atoms with E-state index in [2.05, 4.69) is 30.8 Å². The number of hydrogen-bond donors (Lipinski definition) is 3. The van der Waals surface area contributed by atoms with Gasteiger partial charge in [0.1, 0.15) is 17.2 Å². The van der Waals surface area contributed by atoms with E-state index in [0.717, 1.165) is 11.1 Å². The minimum Gasteiger partial charge on any atom is -0.334 e. The molecule has 2 aliphatic heterocycles. The van der Waals surface area contributed by atoms with Crippen LogP contribution in [0, 0.1) is 11.3 Å². The van der Waals surface area contributed by atoms with Gasteiger partial charge in [0.2, 0.25) is 5.82 Å². The van der Waals surface area contributed by atoms with Crippen molar-refractivity contribution in [3.05, 3.63) is 71.4 Å². The molecule has 2 bridgehead atoms. The number of aromatic amines is 1. The first-order chi connectivity index (χ1) is 14.1. The lowest BCUT2D eigenvalue weighted by Gasteiger charge is -2.26. The van der Waals surface area contributed by atoms with Crippen LogP contribution in [0.25, 0.3) is 0 Å². The lowest BCUT2D eigenvalue weighted by atomic mass is 9.87. The van der Waals surface area contributed by atoms with E-state index in [1.54, 1.807) is 6.20 Å². The fourth-order valence-electron chi connectivity index (χ4n) is 5.23. The van der Waals surface area contributed by atoms with Crippen molar-refractivity contribution in [3.63, 3.8) is 0 Å². The van der Waals surface area contributed by atoms with E-state index in [-0.39, 0.29) is 29.0 Å². The summed E-state index contributed by atoms with van der Waals surface area (Å²) in [7, 11) is 0. The van der Waals surface area contributed by atoms with Crippen molar-refractivity contribution in [1.29, 1.82) is 0 Å². The molecule has 4 aliphatic rings. The van der Waals surface area contributed by atoms with Gasteiger partial charge in [0.05, 0.1) is 0 Å². The van der Waals surface area contributed by atoms with E-state index in [4.69, 9.17) is 0 Å². The molecule has 8 heteroatoms. The third kappa shape index (κ3) is 2.00. The molecule has 3 N–H and O–H groups in total. The minimum atomic E-state index is -0.921. The normalized spacial score (nSPS) is 30.4. The maximum absolute atomic E-state index is 13.0. The van der Waals surface area contributed by atoms with Crippen LogP contribution >= 0.6 is 0 Å². The molecule has 0 spiro atoms. The number of carbonyl (C=O) groups is 2. The first-order valence-electron chi connectivity index (χ1n) is 9.60. The summed E-state index contributed by atoms with van der Waals surface area (Å²) in [6.07, 6.45) is 2.21. The zero-order valence-corrected chi connectivity index (χ0v) is 15.6. The van der Waals surface area contributed by atoms with Crippen molar-refractivity contribution in [2.45, 2.75) is 24.8 Å². The van der Waals surface area contributed by atoms with Crippen molar-refractivity contribution in [3.8, 4) is 0 Å². The smallest absolute Gasteiger partial charge is 0.291 e. The van der Waals surface area contributed by atoms with Crippen LogP contribution in [0.15, 0.2) is 48.7 Å². The molecule has 3 aromatic rings.